The number of amides is 1. The molecule has 2 aromatic carbocycles. The van der Waals surface area contributed by atoms with Crippen LogP contribution in [-0.2, 0) is 17.6 Å². The summed E-state index contributed by atoms with van der Waals surface area (Å²) < 4.78 is 5.39. The molecular formula is C22H27NO2. The Bertz CT molecular complexity index is 762. The molecule has 0 saturated heterocycles. The number of carbonyl (C=O) groups excluding carboxylic acids is 1. The Morgan fingerprint density at radius 2 is 1.84 bits per heavy atom. The van der Waals surface area contributed by atoms with Gasteiger partial charge in [0.25, 0.3) is 0 Å². The number of ether oxygens (including phenoxy) is 1. The van der Waals surface area contributed by atoms with Crippen LogP contribution in [-0.4, -0.2) is 6.09 Å². The molecule has 1 atom stereocenters. The van der Waals surface area contributed by atoms with Crippen molar-refractivity contribution in [3.8, 4) is 11.1 Å². The number of hydrogen-bond donors (Lipinski definition) is 1. The van der Waals surface area contributed by atoms with Gasteiger partial charge in [-0.2, -0.15) is 0 Å². The number of aryl methyl sites for hydroxylation is 1. The van der Waals surface area contributed by atoms with Crippen LogP contribution in [0.3, 0.4) is 0 Å². The lowest BCUT2D eigenvalue weighted by atomic mass is 9.87. The Morgan fingerprint density at radius 1 is 1.16 bits per heavy atom. The lowest BCUT2D eigenvalue weighted by molar-refractivity contribution is 0.0392. The number of nitrogens with two attached hydrogens (primary N) is 1. The fourth-order valence-electron chi connectivity index (χ4n) is 3.78. The van der Waals surface area contributed by atoms with Crippen molar-refractivity contribution in [3.05, 3.63) is 59.2 Å². The van der Waals surface area contributed by atoms with Crippen LogP contribution >= 0.6 is 0 Å². The molecule has 3 nitrogen and oxygen atoms in total. The number of hydrogen-bond acceptors (Lipinski definition) is 2. The van der Waals surface area contributed by atoms with Crippen LogP contribution in [0.15, 0.2) is 42.5 Å². The van der Waals surface area contributed by atoms with Gasteiger partial charge >= 0.3 is 6.09 Å². The predicted octanol–water partition coefficient (Wildman–Crippen LogP) is 5.41. The molecule has 1 aliphatic carbocycles. The molecule has 3 rings (SSSR count). The molecule has 0 radical (unpaired) electrons. The maximum atomic E-state index is 11.2. The highest BCUT2D eigenvalue weighted by Crippen LogP contribution is 2.48. The summed E-state index contributed by atoms with van der Waals surface area (Å²) in [5.41, 5.74) is 11.3. The van der Waals surface area contributed by atoms with Crippen molar-refractivity contribution in [2.24, 2.45) is 11.1 Å². The molecule has 0 heterocycles. The molecule has 1 amide bonds. The zero-order chi connectivity index (χ0) is 18.0. The summed E-state index contributed by atoms with van der Waals surface area (Å²) in [5, 5.41) is 0. The summed E-state index contributed by atoms with van der Waals surface area (Å²) >= 11 is 0. The van der Waals surface area contributed by atoms with E-state index in [9.17, 15) is 4.79 Å². The number of benzene rings is 2. The van der Waals surface area contributed by atoms with Gasteiger partial charge in [0.2, 0.25) is 0 Å². The van der Waals surface area contributed by atoms with Crippen molar-refractivity contribution >= 4 is 6.09 Å². The zero-order valence-electron chi connectivity index (χ0n) is 15.3. The van der Waals surface area contributed by atoms with Gasteiger partial charge < -0.3 is 10.5 Å². The van der Waals surface area contributed by atoms with Gasteiger partial charge in [0, 0.05) is 5.41 Å². The van der Waals surface area contributed by atoms with Gasteiger partial charge in [-0.3, -0.25) is 0 Å². The van der Waals surface area contributed by atoms with Crippen molar-refractivity contribution in [3.63, 3.8) is 0 Å². The molecule has 2 aromatic rings. The normalized spacial score (nSPS) is 18.0. The highest BCUT2D eigenvalue weighted by Gasteiger charge is 2.41. The van der Waals surface area contributed by atoms with Gasteiger partial charge in [-0.15, -0.1) is 0 Å². The first-order valence-electron chi connectivity index (χ1n) is 9.09. The van der Waals surface area contributed by atoms with E-state index in [1.165, 1.54) is 35.1 Å². The maximum Gasteiger partial charge on any atom is 0.405 e. The zero-order valence-corrected chi connectivity index (χ0v) is 15.3. The first-order valence-corrected chi connectivity index (χ1v) is 9.09. The molecular weight excluding hydrogens is 310 g/mol. The van der Waals surface area contributed by atoms with Gasteiger partial charge in [0.1, 0.15) is 6.10 Å². The molecule has 25 heavy (non-hydrogen) atoms. The minimum atomic E-state index is -0.710. The largest absolute Gasteiger partial charge is 0.441 e. The van der Waals surface area contributed by atoms with Crippen molar-refractivity contribution in [2.75, 3.05) is 0 Å². The second kappa shape index (κ2) is 6.91. The number of primary amides is 1. The van der Waals surface area contributed by atoms with E-state index < -0.39 is 6.09 Å². The molecule has 0 aromatic heterocycles. The molecule has 0 bridgehead atoms. The SMILES string of the molecule is CCCCc1ccc(-c2ccc3c(c2)CC(C)(C)[C@H]3OC(N)=O)cc1. The van der Waals surface area contributed by atoms with Gasteiger partial charge in [-0.05, 0) is 47.1 Å². The maximum absolute atomic E-state index is 11.2. The third-order valence-corrected chi connectivity index (χ3v) is 5.12. The molecule has 132 valence electrons. The Balaban J connectivity index is 1.86. The van der Waals surface area contributed by atoms with Crippen molar-refractivity contribution in [1.29, 1.82) is 0 Å². The van der Waals surface area contributed by atoms with Crippen LogP contribution in [0.4, 0.5) is 4.79 Å². The fourth-order valence-corrected chi connectivity index (χ4v) is 3.78. The van der Waals surface area contributed by atoms with Crippen LogP contribution < -0.4 is 5.73 Å². The number of unbranched alkanes of at least 4 members (excludes halogenated alkanes) is 1. The topological polar surface area (TPSA) is 52.3 Å². The molecule has 2 N–H and O–H groups in total. The third kappa shape index (κ3) is 3.71. The standard InChI is InChI=1S/C22H27NO2/c1-4-5-6-15-7-9-16(10-8-15)17-11-12-19-18(13-17)14-22(2,3)20(19)25-21(23)24/h7-13,20H,4-6,14H2,1-3H3,(H2,23,24)/t20-/m0/s1. The molecule has 0 unspecified atom stereocenters. The second-order valence-electron chi connectivity index (χ2n) is 7.70. The van der Waals surface area contributed by atoms with E-state index in [1.807, 2.05) is 0 Å². The van der Waals surface area contributed by atoms with Crippen LogP contribution in [0.5, 0.6) is 0 Å². The highest BCUT2D eigenvalue weighted by molar-refractivity contribution is 5.68. The van der Waals surface area contributed by atoms with Crippen molar-refractivity contribution in [2.45, 2.75) is 52.6 Å². The van der Waals surface area contributed by atoms with E-state index in [0.29, 0.717) is 0 Å². The van der Waals surface area contributed by atoms with Crippen LogP contribution in [0.25, 0.3) is 11.1 Å². The molecule has 0 fully saturated rings. The van der Waals surface area contributed by atoms with Crippen LogP contribution in [0, 0.1) is 5.41 Å². The average Bonchev–Trinajstić information content (AvgIpc) is 2.82. The molecule has 0 saturated carbocycles. The number of rotatable bonds is 5. The average molecular weight is 337 g/mol. The molecule has 0 aliphatic heterocycles. The van der Waals surface area contributed by atoms with E-state index in [0.717, 1.165) is 18.4 Å². The summed E-state index contributed by atoms with van der Waals surface area (Å²) in [4.78, 5) is 11.2. The quantitative estimate of drug-likeness (QED) is 0.792. The lowest BCUT2D eigenvalue weighted by Crippen LogP contribution is -2.25. The summed E-state index contributed by atoms with van der Waals surface area (Å²) in [6.07, 6.45) is 3.48. The minimum absolute atomic E-state index is 0.139. The smallest absolute Gasteiger partial charge is 0.405 e. The van der Waals surface area contributed by atoms with Crippen molar-refractivity contribution < 1.29 is 9.53 Å². The van der Waals surface area contributed by atoms with Gasteiger partial charge in [-0.1, -0.05) is 69.7 Å². The van der Waals surface area contributed by atoms with E-state index in [4.69, 9.17) is 10.5 Å². The van der Waals surface area contributed by atoms with Gasteiger partial charge in [0.15, 0.2) is 0 Å². The Kier molecular flexibility index (Phi) is 4.85. The van der Waals surface area contributed by atoms with Crippen LogP contribution in [0.1, 0.15) is 56.4 Å². The van der Waals surface area contributed by atoms with Gasteiger partial charge in [0.05, 0.1) is 0 Å². The van der Waals surface area contributed by atoms with E-state index in [-0.39, 0.29) is 11.5 Å². The van der Waals surface area contributed by atoms with E-state index >= 15 is 0 Å². The van der Waals surface area contributed by atoms with Crippen molar-refractivity contribution in [1.82, 2.24) is 0 Å². The lowest BCUT2D eigenvalue weighted by Gasteiger charge is -2.26. The fraction of sp³-hybridized carbons (Fsp3) is 0.409. The Hall–Kier alpha value is -2.29. The number of fused-ring (bicyclic) bond motifs is 1. The third-order valence-electron chi connectivity index (χ3n) is 5.12. The summed E-state index contributed by atoms with van der Waals surface area (Å²) in [6, 6.07) is 15.3. The van der Waals surface area contributed by atoms with Gasteiger partial charge in [-0.25, -0.2) is 4.79 Å². The summed E-state index contributed by atoms with van der Waals surface area (Å²) in [7, 11) is 0. The Morgan fingerprint density at radius 3 is 2.48 bits per heavy atom. The number of carbonyl (C=O) groups is 1. The summed E-state index contributed by atoms with van der Waals surface area (Å²) in [5.74, 6) is 0. The minimum Gasteiger partial charge on any atom is -0.441 e. The van der Waals surface area contributed by atoms with Crippen LogP contribution in [0.2, 0.25) is 0 Å². The van der Waals surface area contributed by atoms with E-state index in [1.54, 1.807) is 0 Å². The first-order chi connectivity index (χ1) is 11.9. The monoisotopic (exact) mass is 337 g/mol. The second-order valence-corrected chi connectivity index (χ2v) is 7.70. The highest BCUT2D eigenvalue weighted by atomic mass is 16.6. The first kappa shape index (κ1) is 17.5. The summed E-state index contributed by atoms with van der Waals surface area (Å²) in [6.45, 7) is 6.45. The molecule has 3 heteroatoms. The van der Waals surface area contributed by atoms with E-state index in [2.05, 4.69) is 63.2 Å². The molecule has 0 spiro atoms. The molecule has 1 aliphatic rings. The predicted molar refractivity (Wildman–Crippen MR) is 101 cm³/mol. The Labute approximate surface area is 150 Å².